The van der Waals surface area contributed by atoms with Crippen LogP contribution < -0.4 is 0 Å². The van der Waals surface area contributed by atoms with Gasteiger partial charge in [-0.1, -0.05) is 54.1 Å². The topological polar surface area (TPSA) is 20.3 Å². The summed E-state index contributed by atoms with van der Waals surface area (Å²) in [5.74, 6) is 0.0270. The van der Waals surface area contributed by atoms with Gasteiger partial charge in [0.2, 0.25) is 5.91 Å². The molecule has 1 amide bonds. The summed E-state index contributed by atoms with van der Waals surface area (Å²) in [6.45, 7) is 2.86. The molecule has 2 heteroatoms. The van der Waals surface area contributed by atoms with Gasteiger partial charge in [0.05, 0.1) is 5.92 Å². The highest BCUT2D eigenvalue weighted by molar-refractivity contribution is 5.88. The molecule has 2 nitrogen and oxygen atoms in total. The molecule has 1 aliphatic heterocycles. The first-order chi connectivity index (χ1) is 9.66. The van der Waals surface area contributed by atoms with Gasteiger partial charge in [0.25, 0.3) is 0 Å². The van der Waals surface area contributed by atoms with Crippen LogP contribution in [0.4, 0.5) is 0 Å². The Balaban J connectivity index is 2.17. The van der Waals surface area contributed by atoms with Crippen LogP contribution in [0.15, 0.2) is 48.5 Å². The summed E-state index contributed by atoms with van der Waals surface area (Å²) >= 11 is 0. The first-order valence-corrected chi connectivity index (χ1v) is 7.06. The second kappa shape index (κ2) is 5.12. The molecule has 0 spiro atoms. The lowest BCUT2D eigenvalue weighted by Crippen LogP contribution is -2.31. The molecule has 0 bridgehead atoms. The first-order valence-electron chi connectivity index (χ1n) is 7.06. The van der Waals surface area contributed by atoms with Gasteiger partial charge in [-0.3, -0.25) is 4.79 Å². The molecular formula is C18H19NO. The Hall–Kier alpha value is -2.09. The van der Waals surface area contributed by atoms with Gasteiger partial charge in [-0.2, -0.15) is 0 Å². The van der Waals surface area contributed by atoms with Crippen LogP contribution in [0.5, 0.6) is 0 Å². The Kier molecular flexibility index (Phi) is 3.31. The average Bonchev–Trinajstić information content (AvgIpc) is 2.57. The molecule has 0 saturated heterocycles. The molecule has 0 radical (unpaired) electrons. The fourth-order valence-corrected chi connectivity index (χ4v) is 2.97. The maximum absolute atomic E-state index is 12.7. The zero-order chi connectivity index (χ0) is 14.1. The third-order valence-corrected chi connectivity index (χ3v) is 4.08. The van der Waals surface area contributed by atoms with Crippen molar-refractivity contribution in [1.82, 2.24) is 4.90 Å². The van der Waals surface area contributed by atoms with Gasteiger partial charge in [0, 0.05) is 13.6 Å². The van der Waals surface area contributed by atoms with E-state index in [4.69, 9.17) is 0 Å². The number of carbonyl (C=O) groups excluding carboxylic acids is 1. The minimum atomic E-state index is -0.168. The maximum Gasteiger partial charge on any atom is 0.234 e. The number of carbonyl (C=O) groups is 1. The van der Waals surface area contributed by atoms with Crippen molar-refractivity contribution < 1.29 is 4.79 Å². The Morgan fingerprint density at radius 2 is 1.90 bits per heavy atom. The van der Waals surface area contributed by atoms with Crippen molar-refractivity contribution >= 4 is 5.91 Å². The van der Waals surface area contributed by atoms with Crippen LogP contribution in [-0.2, 0) is 11.2 Å². The van der Waals surface area contributed by atoms with Crippen LogP contribution in [0, 0.1) is 6.92 Å². The van der Waals surface area contributed by atoms with E-state index >= 15 is 0 Å². The number of hydrogen-bond acceptors (Lipinski definition) is 1. The molecule has 2 aromatic rings. The summed E-state index contributed by atoms with van der Waals surface area (Å²) in [6, 6.07) is 16.6. The monoisotopic (exact) mass is 265 g/mol. The van der Waals surface area contributed by atoms with Gasteiger partial charge in [-0.05, 0) is 30.0 Å². The van der Waals surface area contributed by atoms with Gasteiger partial charge in [-0.25, -0.2) is 0 Å². The highest BCUT2D eigenvalue weighted by Crippen LogP contribution is 2.32. The van der Waals surface area contributed by atoms with Crippen molar-refractivity contribution in [1.29, 1.82) is 0 Å². The number of rotatable bonds is 1. The van der Waals surface area contributed by atoms with Crippen LogP contribution in [0.25, 0.3) is 0 Å². The molecule has 2 aromatic carbocycles. The van der Waals surface area contributed by atoms with Crippen LogP contribution in [0.2, 0.25) is 0 Å². The Morgan fingerprint density at radius 1 is 1.10 bits per heavy atom. The van der Waals surface area contributed by atoms with E-state index in [9.17, 15) is 4.79 Å². The van der Waals surface area contributed by atoms with Crippen LogP contribution in [-0.4, -0.2) is 24.4 Å². The van der Waals surface area contributed by atoms with E-state index in [-0.39, 0.29) is 11.8 Å². The lowest BCUT2D eigenvalue weighted by Gasteiger charge is -2.21. The van der Waals surface area contributed by atoms with Crippen molar-refractivity contribution in [2.45, 2.75) is 19.3 Å². The molecule has 0 N–H and O–H groups in total. The predicted octanol–water partition coefficient (Wildman–Crippen LogP) is 3.14. The lowest BCUT2D eigenvalue weighted by molar-refractivity contribution is -0.130. The molecular weight excluding hydrogens is 246 g/mol. The third-order valence-electron chi connectivity index (χ3n) is 4.08. The van der Waals surface area contributed by atoms with Gasteiger partial charge in [0.1, 0.15) is 0 Å². The maximum atomic E-state index is 12.7. The minimum Gasteiger partial charge on any atom is -0.345 e. The van der Waals surface area contributed by atoms with Gasteiger partial charge in [-0.15, -0.1) is 0 Å². The number of aryl methyl sites for hydroxylation is 1. The van der Waals surface area contributed by atoms with Gasteiger partial charge < -0.3 is 4.90 Å². The average molecular weight is 265 g/mol. The molecule has 1 aliphatic rings. The predicted molar refractivity (Wildman–Crippen MR) is 80.8 cm³/mol. The summed E-state index contributed by atoms with van der Waals surface area (Å²) in [5.41, 5.74) is 4.74. The highest BCUT2D eigenvalue weighted by Gasteiger charge is 2.30. The standard InChI is InChI=1S/C18H19NO/c1-13-6-5-8-15(12-13)17-16-9-4-3-7-14(16)10-11-19(2)18(17)20/h3-9,12,17H,10-11H2,1-2H3/t17-/m1/s1. The number of nitrogens with zero attached hydrogens (tertiary/aromatic N) is 1. The molecule has 0 unspecified atom stereocenters. The SMILES string of the molecule is Cc1cccc([C@H]2C(=O)N(C)CCc3ccccc32)c1. The van der Waals surface area contributed by atoms with Crippen LogP contribution >= 0.6 is 0 Å². The molecule has 0 aliphatic carbocycles. The van der Waals surface area contributed by atoms with E-state index in [1.54, 1.807) is 0 Å². The Bertz CT molecular complexity index is 647. The van der Waals surface area contributed by atoms with Crippen molar-refractivity contribution in [2.24, 2.45) is 0 Å². The molecule has 1 atom stereocenters. The van der Waals surface area contributed by atoms with E-state index in [1.165, 1.54) is 11.1 Å². The largest absolute Gasteiger partial charge is 0.345 e. The second-order valence-electron chi connectivity index (χ2n) is 5.56. The van der Waals surface area contributed by atoms with Gasteiger partial charge >= 0.3 is 0 Å². The molecule has 1 heterocycles. The van der Waals surface area contributed by atoms with E-state index in [0.717, 1.165) is 24.1 Å². The number of amides is 1. The fraction of sp³-hybridized carbons (Fsp3) is 0.278. The van der Waals surface area contributed by atoms with Crippen LogP contribution in [0.1, 0.15) is 28.2 Å². The molecule has 0 aromatic heterocycles. The number of fused-ring (bicyclic) bond motifs is 1. The normalized spacial score (nSPS) is 18.6. The van der Waals surface area contributed by atoms with Crippen molar-refractivity contribution in [2.75, 3.05) is 13.6 Å². The molecule has 0 saturated carbocycles. The molecule has 0 fully saturated rings. The van der Waals surface area contributed by atoms with Crippen molar-refractivity contribution in [3.05, 3.63) is 70.8 Å². The Labute approximate surface area is 120 Å². The van der Waals surface area contributed by atoms with E-state index in [2.05, 4.69) is 43.3 Å². The quantitative estimate of drug-likeness (QED) is 0.775. The van der Waals surface area contributed by atoms with Crippen molar-refractivity contribution in [3.8, 4) is 0 Å². The summed E-state index contributed by atoms with van der Waals surface area (Å²) in [5, 5.41) is 0. The molecule has 102 valence electrons. The van der Waals surface area contributed by atoms with E-state index < -0.39 is 0 Å². The zero-order valence-electron chi connectivity index (χ0n) is 12.0. The van der Waals surface area contributed by atoms with Crippen molar-refractivity contribution in [3.63, 3.8) is 0 Å². The Morgan fingerprint density at radius 3 is 2.70 bits per heavy atom. The summed E-state index contributed by atoms with van der Waals surface area (Å²) < 4.78 is 0. The number of hydrogen-bond donors (Lipinski definition) is 0. The van der Waals surface area contributed by atoms with E-state index in [1.807, 2.05) is 24.1 Å². The van der Waals surface area contributed by atoms with Crippen LogP contribution in [0.3, 0.4) is 0 Å². The zero-order valence-corrected chi connectivity index (χ0v) is 12.0. The summed E-state index contributed by atoms with van der Waals surface area (Å²) in [7, 11) is 1.90. The number of likely N-dealkylation sites (N-methyl/N-ethyl adjacent to an activating group) is 1. The van der Waals surface area contributed by atoms with E-state index in [0.29, 0.717) is 0 Å². The highest BCUT2D eigenvalue weighted by atomic mass is 16.2. The lowest BCUT2D eigenvalue weighted by atomic mass is 9.87. The first kappa shape index (κ1) is 12.9. The summed E-state index contributed by atoms with van der Waals surface area (Å²) in [4.78, 5) is 14.6. The smallest absolute Gasteiger partial charge is 0.234 e. The van der Waals surface area contributed by atoms with Gasteiger partial charge in [0.15, 0.2) is 0 Å². The fourth-order valence-electron chi connectivity index (χ4n) is 2.97. The second-order valence-corrected chi connectivity index (χ2v) is 5.56. The number of benzene rings is 2. The minimum absolute atomic E-state index is 0.168. The third kappa shape index (κ3) is 2.22. The molecule has 3 rings (SSSR count). The molecule has 20 heavy (non-hydrogen) atoms. The summed E-state index contributed by atoms with van der Waals surface area (Å²) in [6.07, 6.45) is 0.931.